The minimum absolute atomic E-state index is 0.985. The standard InChI is InChI=1S/C17H27N3/c1-3-5-6-7-10-14-20-16-12-9-8-11-15(16)19-17(20)18-13-4-2/h8-9,11-12H,3-7,10,13-14H2,1-2H3,(H,18,19). The second kappa shape index (κ2) is 7.93. The van der Waals surface area contributed by atoms with E-state index < -0.39 is 0 Å². The van der Waals surface area contributed by atoms with Crippen LogP contribution < -0.4 is 5.32 Å². The van der Waals surface area contributed by atoms with Gasteiger partial charge in [-0.1, -0.05) is 51.7 Å². The lowest BCUT2D eigenvalue weighted by Gasteiger charge is -2.10. The molecule has 0 spiro atoms. The molecule has 0 atom stereocenters. The van der Waals surface area contributed by atoms with Gasteiger partial charge in [0.2, 0.25) is 5.95 Å². The van der Waals surface area contributed by atoms with E-state index in [2.05, 4.69) is 48.0 Å². The van der Waals surface area contributed by atoms with Gasteiger partial charge in [0.15, 0.2) is 0 Å². The van der Waals surface area contributed by atoms with E-state index in [4.69, 9.17) is 4.98 Å². The molecule has 0 aliphatic rings. The minimum atomic E-state index is 0.985. The van der Waals surface area contributed by atoms with Gasteiger partial charge in [0.25, 0.3) is 0 Å². The van der Waals surface area contributed by atoms with Crippen LogP contribution in [0, 0.1) is 0 Å². The highest BCUT2D eigenvalue weighted by Gasteiger charge is 2.09. The molecule has 1 heterocycles. The topological polar surface area (TPSA) is 29.9 Å². The van der Waals surface area contributed by atoms with Gasteiger partial charge in [-0.25, -0.2) is 4.98 Å². The maximum absolute atomic E-state index is 4.72. The van der Waals surface area contributed by atoms with Crippen molar-refractivity contribution in [2.75, 3.05) is 11.9 Å². The van der Waals surface area contributed by atoms with Crippen LogP contribution in [0.5, 0.6) is 0 Å². The fourth-order valence-corrected chi connectivity index (χ4v) is 2.55. The highest BCUT2D eigenvalue weighted by molar-refractivity contribution is 5.78. The minimum Gasteiger partial charge on any atom is -0.356 e. The van der Waals surface area contributed by atoms with Crippen molar-refractivity contribution in [1.82, 2.24) is 9.55 Å². The van der Waals surface area contributed by atoms with Gasteiger partial charge in [-0.2, -0.15) is 0 Å². The summed E-state index contributed by atoms with van der Waals surface area (Å²) in [4.78, 5) is 4.72. The molecule has 0 saturated carbocycles. The Bertz CT molecular complexity index is 516. The SMILES string of the molecule is CCCCCCCn1c(NCCC)nc2ccccc21. The Kier molecular flexibility index (Phi) is 5.90. The molecule has 20 heavy (non-hydrogen) atoms. The highest BCUT2D eigenvalue weighted by Crippen LogP contribution is 2.20. The summed E-state index contributed by atoms with van der Waals surface area (Å²) in [7, 11) is 0. The molecule has 2 rings (SSSR count). The summed E-state index contributed by atoms with van der Waals surface area (Å²) >= 11 is 0. The highest BCUT2D eigenvalue weighted by atomic mass is 15.2. The van der Waals surface area contributed by atoms with Crippen LogP contribution in [-0.4, -0.2) is 16.1 Å². The van der Waals surface area contributed by atoms with Gasteiger partial charge >= 0.3 is 0 Å². The first-order chi connectivity index (χ1) is 9.86. The zero-order valence-corrected chi connectivity index (χ0v) is 12.9. The molecule has 0 saturated heterocycles. The first-order valence-electron chi connectivity index (χ1n) is 8.06. The average molecular weight is 273 g/mol. The number of aromatic nitrogens is 2. The third kappa shape index (κ3) is 3.75. The summed E-state index contributed by atoms with van der Waals surface area (Å²) < 4.78 is 2.34. The number of hydrogen-bond acceptors (Lipinski definition) is 2. The normalized spacial score (nSPS) is 11.1. The molecule has 0 bridgehead atoms. The predicted octanol–water partition coefficient (Wildman–Crippen LogP) is 4.83. The van der Waals surface area contributed by atoms with Crippen molar-refractivity contribution in [2.24, 2.45) is 0 Å². The molecular weight excluding hydrogens is 246 g/mol. The monoisotopic (exact) mass is 273 g/mol. The van der Waals surface area contributed by atoms with Crippen molar-refractivity contribution >= 4 is 17.0 Å². The second-order valence-electron chi connectivity index (χ2n) is 5.42. The summed E-state index contributed by atoms with van der Waals surface area (Å²) in [5, 5.41) is 3.46. The van der Waals surface area contributed by atoms with Crippen LogP contribution in [0.2, 0.25) is 0 Å². The number of rotatable bonds is 9. The van der Waals surface area contributed by atoms with Crippen LogP contribution in [0.3, 0.4) is 0 Å². The first kappa shape index (κ1) is 14.9. The summed E-state index contributed by atoms with van der Waals surface area (Å²) in [5.41, 5.74) is 2.35. The van der Waals surface area contributed by atoms with Gasteiger partial charge in [-0.15, -0.1) is 0 Å². The van der Waals surface area contributed by atoms with E-state index >= 15 is 0 Å². The van der Waals surface area contributed by atoms with E-state index in [-0.39, 0.29) is 0 Å². The van der Waals surface area contributed by atoms with E-state index in [0.717, 1.165) is 31.0 Å². The van der Waals surface area contributed by atoms with E-state index in [0.29, 0.717) is 0 Å². The van der Waals surface area contributed by atoms with Crippen LogP contribution in [0.4, 0.5) is 5.95 Å². The maximum Gasteiger partial charge on any atom is 0.203 e. The number of anilines is 1. The first-order valence-corrected chi connectivity index (χ1v) is 8.06. The molecule has 1 aromatic carbocycles. The number of nitrogens with one attached hydrogen (secondary N) is 1. The molecule has 0 unspecified atom stereocenters. The summed E-state index contributed by atoms with van der Waals surface area (Å²) in [6.45, 7) is 6.50. The largest absolute Gasteiger partial charge is 0.356 e. The lowest BCUT2D eigenvalue weighted by molar-refractivity contribution is 0.577. The van der Waals surface area contributed by atoms with Crippen molar-refractivity contribution in [2.45, 2.75) is 58.9 Å². The third-order valence-electron chi connectivity index (χ3n) is 3.67. The van der Waals surface area contributed by atoms with Crippen LogP contribution >= 0.6 is 0 Å². The lowest BCUT2D eigenvalue weighted by Crippen LogP contribution is -2.08. The number of aryl methyl sites for hydroxylation is 1. The number of imidazole rings is 1. The molecule has 0 radical (unpaired) electrons. The smallest absolute Gasteiger partial charge is 0.203 e. The van der Waals surface area contributed by atoms with E-state index in [1.807, 2.05) is 0 Å². The van der Waals surface area contributed by atoms with Crippen molar-refractivity contribution in [3.05, 3.63) is 24.3 Å². The van der Waals surface area contributed by atoms with E-state index in [1.54, 1.807) is 0 Å². The number of fused-ring (bicyclic) bond motifs is 1. The molecule has 1 aromatic heterocycles. The van der Waals surface area contributed by atoms with Crippen molar-refractivity contribution < 1.29 is 0 Å². The lowest BCUT2D eigenvalue weighted by atomic mass is 10.1. The molecule has 1 N–H and O–H groups in total. The third-order valence-corrected chi connectivity index (χ3v) is 3.67. The maximum atomic E-state index is 4.72. The van der Waals surface area contributed by atoms with Crippen molar-refractivity contribution in [3.63, 3.8) is 0 Å². The molecule has 3 heteroatoms. The number of benzene rings is 1. The van der Waals surface area contributed by atoms with E-state index in [9.17, 15) is 0 Å². The zero-order valence-electron chi connectivity index (χ0n) is 12.9. The fourth-order valence-electron chi connectivity index (χ4n) is 2.55. The quantitative estimate of drug-likeness (QED) is 0.663. The molecule has 110 valence electrons. The predicted molar refractivity (Wildman–Crippen MR) is 87.3 cm³/mol. The Morgan fingerprint density at radius 1 is 1.00 bits per heavy atom. The molecule has 0 amide bonds. The van der Waals surface area contributed by atoms with Crippen LogP contribution in [0.1, 0.15) is 52.4 Å². The number of unbranched alkanes of at least 4 members (excludes halogenated alkanes) is 4. The van der Waals surface area contributed by atoms with Gasteiger partial charge in [0.05, 0.1) is 11.0 Å². The Balaban J connectivity index is 2.07. The zero-order chi connectivity index (χ0) is 14.2. The number of hydrogen-bond donors (Lipinski definition) is 1. The second-order valence-corrected chi connectivity index (χ2v) is 5.42. The summed E-state index contributed by atoms with van der Waals surface area (Å²) in [6, 6.07) is 8.43. The van der Waals surface area contributed by atoms with Gasteiger partial charge in [-0.3, -0.25) is 0 Å². The molecule has 0 aliphatic carbocycles. The summed E-state index contributed by atoms with van der Waals surface area (Å²) in [6.07, 6.45) is 7.68. The van der Waals surface area contributed by atoms with Crippen molar-refractivity contribution in [1.29, 1.82) is 0 Å². The van der Waals surface area contributed by atoms with Crippen LogP contribution in [-0.2, 0) is 6.54 Å². The molecule has 0 aliphatic heterocycles. The number of para-hydroxylation sites is 2. The van der Waals surface area contributed by atoms with Gasteiger partial charge in [0.1, 0.15) is 0 Å². The Morgan fingerprint density at radius 3 is 2.60 bits per heavy atom. The summed E-state index contributed by atoms with van der Waals surface area (Å²) in [5.74, 6) is 1.03. The molecule has 0 fully saturated rings. The van der Waals surface area contributed by atoms with E-state index in [1.165, 1.54) is 37.6 Å². The van der Waals surface area contributed by atoms with Crippen LogP contribution in [0.25, 0.3) is 11.0 Å². The Labute approximate surface area is 122 Å². The van der Waals surface area contributed by atoms with Crippen molar-refractivity contribution in [3.8, 4) is 0 Å². The Hall–Kier alpha value is -1.51. The molecule has 3 nitrogen and oxygen atoms in total. The average Bonchev–Trinajstić information content (AvgIpc) is 2.83. The van der Waals surface area contributed by atoms with Gasteiger partial charge in [0, 0.05) is 13.1 Å². The van der Waals surface area contributed by atoms with Crippen LogP contribution in [0.15, 0.2) is 24.3 Å². The Morgan fingerprint density at radius 2 is 1.80 bits per heavy atom. The molecular formula is C17H27N3. The fraction of sp³-hybridized carbons (Fsp3) is 0.588. The molecule has 2 aromatic rings. The van der Waals surface area contributed by atoms with Gasteiger partial charge < -0.3 is 9.88 Å². The number of nitrogens with zero attached hydrogens (tertiary/aromatic N) is 2. The van der Waals surface area contributed by atoms with Gasteiger partial charge in [-0.05, 0) is 25.0 Å².